The number of hydrogen-bond acceptors (Lipinski definition) is 4. The van der Waals surface area contributed by atoms with Gasteiger partial charge in [0, 0.05) is 44.0 Å². The monoisotopic (exact) mass is 525 g/mol. The van der Waals surface area contributed by atoms with Gasteiger partial charge in [0.1, 0.15) is 5.15 Å². The average Bonchev–Trinajstić information content (AvgIpc) is 3.19. The van der Waals surface area contributed by atoms with Crippen LogP contribution in [0.3, 0.4) is 0 Å². The number of halogens is 1. The molecule has 4 rings (SSSR count). The first kappa shape index (κ1) is 27.4. The standard InChI is InChI=1S/C29H40ClN5O2/c1-5-9-25-19-34(23-10-7-6-8-11-23)29(37)35(25)24-13-16-33(17-14-24)21(3)12-15-31-28(36)27-20(2)18-26(30)32-22(27)4/h6-8,10-11,18,21,24-25H,5,9,12-17,19H2,1-4H3,(H,31,36)/t21?,25-/m1/s1. The van der Waals surface area contributed by atoms with Gasteiger partial charge in [-0.25, -0.2) is 9.78 Å². The van der Waals surface area contributed by atoms with Gasteiger partial charge in [0.05, 0.1) is 17.3 Å². The van der Waals surface area contributed by atoms with Crippen molar-refractivity contribution in [3.8, 4) is 0 Å². The third-order valence-corrected chi connectivity index (χ3v) is 8.08. The number of aryl methyl sites for hydroxylation is 2. The highest BCUT2D eigenvalue weighted by atomic mass is 35.5. The van der Waals surface area contributed by atoms with Gasteiger partial charge in [-0.1, -0.05) is 43.1 Å². The topological polar surface area (TPSA) is 68.8 Å². The molecular weight excluding hydrogens is 486 g/mol. The quantitative estimate of drug-likeness (QED) is 0.443. The van der Waals surface area contributed by atoms with Crippen LogP contribution in [0.5, 0.6) is 0 Å². The van der Waals surface area contributed by atoms with Crippen molar-refractivity contribution in [2.45, 2.75) is 77.9 Å². The molecule has 1 aromatic carbocycles. The van der Waals surface area contributed by atoms with Crippen molar-refractivity contribution in [2.24, 2.45) is 0 Å². The van der Waals surface area contributed by atoms with Crippen molar-refractivity contribution in [1.29, 1.82) is 0 Å². The predicted octanol–water partition coefficient (Wildman–Crippen LogP) is 5.44. The van der Waals surface area contributed by atoms with Gasteiger partial charge in [-0.05, 0) is 70.2 Å². The molecule has 0 saturated carbocycles. The summed E-state index contributed by atoms with van der Waals surface area (Å²) in [4.78, 5) is 37.1. The number of piperidine rings is 1. The molecule has 3 heterocycles. The first-order valence-corrected chi connectivity index (χ1v) is 14.0. The number of urea groups is 1. The molecule has 200 valence electrons. The van der Waals surface area contributed by atoms with Gasteiger partial charge in [-0.15, -0.1) is 0 Å². The van der Waals surface area contributed by atoms with Crippen LogP contribution >= 0.6 is 11.6 Å². The molecule has 7 nitrogen and oxygen atoms in total. The third kappa shape index (κ3) is 6.27. The lowest BCUT2D eigenvalue weighted by atomic mass is 9.99. The zero-order chi connectivity index (χ0) is 26.5. The van der Waals surface area contributed by atoms with E-state index in [0.717, 1.165) is 63.0 Å². The Morgan fingerprint density at radius 1 is 1.19 bits per heavy atom. The summed E-state index contributed by atoms with van der Waals surface area (Å²) < 4.78 is 0. The summed E-state index contributed by atoms with van der Waals surface area (Å²) in [6.45, 7) is 11.4. The Balaban J connectivity index is 1.29. The lowest BCUT2D eigenvalue weighted by Gasteiger charge is -2.41. The number of amides is 3. The minimum absolute atomic E-state index is 0.0949. The molecule has 8 heteroatoms. The highest BCUT2D eigenvalue weighted by Gasteiger charge is 2.42. The number of benzene rings is 1. The molecule has 37 heavy (non-hydrogen) atoms. The summed E-state index contributed by atoms with van der Waals surface area (Å²) in [5, 5.41) is 3.47. The molecule has 0 aliphatic carbocycles. The normalized spacial score (nSPS) is 19.9. The summed E-state index contributed by atoms with van der Waals surface area (Å²) in [5.41, 5.74) is 3.10. The highest BCUT2D eigenvalue weighted by Crippen LogP contribution is 2.31. The maximum absolute atomic E-state index is 13.5. The van der Waals surface area contributed by atoms with Crippen LogP contribution in [0.1, 0.15) is 67.6 Å². The van der Waals surface area contributed by atoms with Gasteiger partial charge in [0.25, 0.3) is 5.91 Å². The van der Waals surface area contributed by atoms with Crippen LogP contribution < -0.4 is 10.2 Å². The van der Waals surface area contributed by atoms with Crippen molar-refractivity contribution >= 4 is 29.2 Å². The molecule has 2 saturated heterocycles. The fourth-order valence-electron chi connectivity index (χ4n) is 5.91. The molecule has 0 radical (unpaired) electrons. The number of aromatic nitrogens is 1. The van der Waals surface area contributed by atoms with Crippen LogP contribution in [0.25, 0.3) is 0 Å². The smallest absolute Gasteiger partial charge is 0.325 e. The fourth-order valence-corrected chi connectivity index (χ4v) is 6.20. The van der Waals surface area contributed by atoms with E-state index in [-0.39, 0.29) is 24.0 Å². The number of hydrogen-bond donors (Lipinski definition) is 1. The van der Waals surface area contributed by atoms with E-state index >= 15 is 0 Å². The van der Waals surface area contributed by atoms with Crippen LogP contribution in [-0.4, -0.2) is 71.0 Å². The third-order valence-electron chi connectivity index (χ3n) is 7.89. The second kappa shape index (κ2) is 12.3. The SMILES string of the molecule is CCC[C@@H]1CN(c2ccccc2)C(=O)N1C1CCN(C(C)CCNC(=O)c2c(C)cc(Cl)nc2C)CC1. The summed E-state index contributed by atoms with van der Waals surface area (Å²) in [5.74, 6) is -0.0949. The van der Waals surface area contributed by atoms with Gasteiger partial charge in [0.2, 0.25) is 0 Å². The molecule has 1 N–H and O–H groups in total. The predicted molar refractivity (Wildman–Crippen MR) is 149 cm³/mol. The lowest BCUT2D eigenvalue weighted by Crippen LogP contribution is -2.51. The van der Waals surface area contributed by atoms with E-state index in [1.54, 1.807) is 6.07 Å². The van der Waals surface area contributed by atoms with Crippen molar-refractivity contribution in [2.75, 3.05) is 31.1 Å². The van der Waals surface area contributed by atoms with Crippen LogP contribution in [0.15, 0.2) is 36.4 Å². The molecule has 2 fully saturated rings. The Labute approximate surface area is 226 Å². The van der Waals surface area contributed by atoms with Crippen LogP contribution in [0.4, 0.5) is 10.5 Å². The number of likely N-dealkylation sites (tertiary alicyclic amines) is 1. The van der Waals surface area contributed by atoms with E-state index in [0.29, 0.717) is 29.0 Å². The van der Waals surface area contributed by atoms with Gasteiger partial charge in [0.15, 0.2) is 0 Å². The first-order valence-electron chi connectivity index (χ1n) is 13.6. The molecule has 2 aromatic rings. The molecule has 0 bridgehead atoms. The van der Waals surface area contributed by atoms with E-state index in [2.05, 4.69) is 33.9 Å². The largest absolute Gasteiger partial charge is 0.352 e. The van der Waals surface area contributed by atoms with Crippen molar-refractivity contribution in [3.05, 3.63) is 58.4 Å². The second-order valence-electron chi connectivity index (χ2n) is 10.5. The maximum Gasteiger partial charge on any atom is 0.325 e. The van der Waals surface area contributed by atoms with Crippen molar-refractivity contribution in [3.63, 3.8) is 0 Å². The Kier molecular flexibility index (Phi) is 9.08. The Hall–Kier alpha value is -2.64. The number of anilines is 1. The number of carbonyl (C=O) groups excluding carboxylic acids is 2. The fraction of sp³-hybridized carbons (Fsp3) is 0.552. The zero-order valence-electron chi connectivity index (χ0n) is 22.5. The molecule has 1 unspecified atom stereocenters. The Bertz CT molecular complexity index is 1060. The molecule has 1 aromatic heterocycles. The molecule has 2 atom stereocenters. The molecule has 2 aliphatic heterocycles. The summed E-state index contributed by atoms with van der Waals surface area (Å²) in [6.07, 6.45) is 4.95. The summed E-state index contributed by atoms with van der Waals surface area (Å²) in [6, 6.07) is 12.8. The second-order valence-corrected chi connectivity index (χ2v) is 10.8. The number of rotatable bonds is 9. The van der Waals surface area contributed by atoms with E-state index in [1.807, 2.05) is 49.1 Å². The number of para-hydroxylation sites is 1. The number of nitrogens with zero attached hydrogens (tertiary/aromatic N) is 4. The minimum atomic E-state index is -0.0949. The summed E-state index contributed by atoms with van der Waals surface area (Å²) >= 11 is 6.00. The number of pyridine rings is 1. The molecule has 0 spiro atoms. The average molecular weight is 526 g/mol. The van der Waals surface area contributed by atoms with E-state index in [4.69, 9.17) is 11.6 Å². The van der Waals surface area contributed by atoms with Crippen LogP contribution in [0, 0.1) is 13.8 Å². The van der Waals surface area contributed by atoms with E-state index in [1.165, 1.54) is 0 Å². The van der Waals surface area contributed by atoms with Gasteiger partial charge >= 0.3 is 6.03 Å². The zero-order valence-corrected chi connectivity index (χ0v) is 23.3. The Morgan fingerprint density at radius 3 is 2.54 bits per heavy atom. The van der Waals surface area contributed by atoms with E-state index in [9.17, 15) is 9.59 Å². The molecule has 2 aliphatic rings. The van der Waals surface area contributed by atoms with Gasteiger partial charge in [-0.2, -0.15) is 0 Å². The summed E-state index contributed by atoms with van der Waals surface area (Å²) in [7, 11) is 0. The number of carbonyl (C=O) groups is 2. The van der Waals surface area contributed by atoms with Gasteiger partial charge < -0.3 is 15.1 Å². The number of nitrogens with one attached hydrogen (secondary N) is 1. The first-order chi connectivity index (χ1) is 17.8. The van der Waals surface area contributed by atoms with E-state index < -0.39 is 0 Å². The maximum atomic E-state index is 13.5. The molecular formula is C29H40ClN5O2. The van der Waals surface area contributed by atoms with Gasteiger partial charge in [-0.3, -0.25) is 9.69 Å². The van der Waals surface area contributed by atoms with Crippen LogP contribution in [-0.2, 0) is 0 Å². The van der Waals surface area contributed by atoms with Crippen molar-refractivity contribution < 1.29 is 9.59 Å². The highest BCUT2D eigenvalue weighted by molar-refractivity contribution is 6.29. The Morgan fingerprint density at radius 2 is 1.89 bits per heavy atom. The lowest BCUT2D eigenvalue weighted by molar-refractivity contribution is 0.0887. The van der Waals surface area contributed by atoms with Crippen LogP contribution in [0.2, 0.25) is 5.15 Å². The minimum Gasteiger partial charge on any atom is -0.352 e. The molecule has 3 amide bonds. The van der Waals surface area contributed by atoms with Crippen molar-refractivity contribution in [1.82, 2.24) is 20.1 Å².